The molecule has 3 aromatic rings. The Balaban J connectivity index is 2.21. The standard InChI is InChI=1S/C23H17F3N2O4S/c1-31-18-9-8-14(10-19(18)32-2)17-11-16(23(24,25)26)15(12-27)21(28-17)33-20(22(29)30)13-6-4-3-5-7-13/h3-11,20H,1-2H3,(H,29,30)/t20-/m0/s1. The van der Waals surface area contributed by atoms with Crippen LogP contribution in [-0.4, -0.2) is 30.3 Å². The molecule has 2 aromatic carbocycles. The fraction of sp³-hybridized carbons (Fsp3) is 0.174. The van der Waals surface area contributed by atoms with E-state index in [0.29, 0.717) is 23.1 Å². The number of carboxylic acids is 1. The summed E-state index contributed by atoms with van der Waals surface area (Å²) in [5, 5.41) is 17.6. The highest BCUT2D eigenvalue weighted by Crippen LogP contribution is 2.43. The lowest BCUT2D eigenvalue weighted by Gasteiger charge is -2.17. The van der Waals surface area contributed by atoms with Gasteiger partial charge in [0.1, 0.15) is 16.3 Å². The molecule has 0 aliphatic carbocycles. The number of aromatic nitrogens is 1. The molecule has 1 atom stereocenters. The lowest BCUT2D eigenvalue weighted by Crippen LogP contribution is -2.13. The predicted molar refractivity (Wildman–Crippen MR) is 115 cm³/mol. The number of carboxylic acid groups (broad SMARTS) is 1. The SMILES string of the molecule is COc1ccc(-c2cc(C(F)(F)F)c(C#N)c(S[C@H](C(=O)O)c3ccccc3)n2)cc1OC. The minimum atomic E-state index is -4.86. The van der Waals surface area contributed by atoms with Crippen molar-refractivity contribution in [3.8, 4) is 28.8 Å². The van der Waals surface area contributed by atoms with Crippen LogP contribution in [0.5, 0.6) is 11.5 Å². The highest BCUT2D eigenvalue weighted by Gasteiger charge is 2.37. The van der Waals surface area contributed by atoms with Gasteiger partial charge in [0.25, 0.3) is 0 Å². The third kappa shape index (κ3) is 5.21. The van der Waals surface area contributed by atoms with Crippen molar-refractivity contribution in [2.24, 2.45) is 0 Å². The van der Waals surface area contributed by atoms with E-state index in [0.717, 1.165) is 6.07 Å². The molecule has 6 nitrogen and oxygen atoms in total. The van der Waals surface area contributed by atoms with E-state index in [2.05, 4.69) is 4.98 Å². The number of hydrogen-bond donors (Lipinski definition) is 1. The van der Waals surface area contributed by atoms with Crippen molar-refractivity contribution in [3.05, 3.63) is 71.3 Å². The van der Waals surface area contributed by atoms with Crippen molar-refractivity contribution in [3.63, 3.8) is 0 Å². The number of alkyl halides is 3. The zero-order valence-corrected chi connectivity index (χ0v) is 18.2. The van der Waals surface area contributed by atoms with Crippen LogP contribution in [0, 0.1) is 11.3 Å². The lowest BCUT2D eigenvalue weighted by atomic mass is 10.0. The topological polar surface area (TPSA) is 92.4 Å². The Morgan fingerprint density at radius 1 is 1.09 bits per heavy atom. The van der Waals surface area contributed by atoms with Crippen LogP contribution in [0.2, 0.25) is 0 Å². The van der Waals surface area contributed by atoms with Crippen LogP contribution < -0.4 is 9.47 Å². The number of halogens is 3. The number of ether oxygens (including phenoxy) is 2. The molecule has 0 spiro atoms. The van der Waals surface area contributed by atoms with Gasteiger partial charge in [-0.3, -0.25) is 4.79 Å². The smallest absolute Gasteiger partial charge is 0.417 e. The molecule has 0 unspecified atom stereocenters. The number of benzene rings is 2. The molecule has 1 aromatic heterocycles. The fourth-order valence-electron chi connectivity index (χ4n) is 3.08. The van der Waals surface area contributed by atoms with Gasteiger partial charge < -0.3 is 14.6 Å². The normalized spacial score (nSPS) is 12.0. The Labute approximate surface area is 191 Å². The zero-order chi connectivity index (χ0) is 24.2. The number of nitrogens with zero attached hydrogens (tertiary/aromatic N) is 2. The second-order valence-corrected chi connectivity index (χ2v) is 7.76. The summed E-state index contributed by atoms with van der Waals surface area (Å²) < 4.78 is 51.9. The van der Waals surface area contributed by atoms with Gasteiger partial charge in [-0.2, -0.15) is 18.4 Å². The van der Waals surface area contributed by atoms with Gasteiger partial charge in [0.2, 0.25) is 0 Å². The Kier molecular flexibility index (Phi) is 7.13. The first kappa shape index (κ1) is 23.9. The van der Waals surface area contributed by atoms with Crippen LogP contribution in [0.15, 0.2) is 59.6 Å². The second kappa shape index (κ2) is 9.83. The molecule has 33 heavy (non-hydrogen) atoms. The zero-order valence-electron chi connectivity index (χ0n) is 17.4. The first-order valence-corrected chi connectivity index (χ1v) is 10.3. The van der Waals surface area contributed by atoms with Crippen molar-refractivity contribution in [2.45, 2.75) is 16.5 Å². The van der Waals surface area contributed by atoms with Gasteiger partial charge in [-0.1, -0.05) is 42.1 Å². The molecule has 0 radical (unpaired) electrons. The summed E-state index contributed by atoms with van der Waals surface area (Å²) in [6.45, 7) is 0. The van der Waals surface area contributed by atoms with Crippen molar-refractivity contribution in [1.82, 2.24) is 4.98 Å². The van der Waals surface area contributed by atoms with Crippen LogP contribution in [0.25, 0.3) is 11.3 Å². The van der Waals surface area contributed by atoms with Crippen molar-refractivity contribution < 1.29 is 32.5 Å². The lowest BCUT2D eigenvalue weighted by molar-refractivity contribution is -0.138. The van der Waals surface area contributed by atoms with Crippen molar-refractivity contribution in [2.75, 3.05) is 14.2 Å². The molecule has 0 aliphatic heterocycles. The maximum Gasteiger partial charge on any atom is 0.417 e. The van der Waals surface area contributed by atoms with E-state index in [1.54, 1.807) is 36.4 Å². The molecule has 1 N–H and O–H groups in total. The number of thioether (sulfide) groups is 1. The molecule has 0 fully saturated rings. The molecule has 0 aliphatic rings. The number of nitriles is 1. The summed E-state index contributed by atoms with van der Waals surface area (Å²) in [5.74, 6) is -0.630. The number of aliphatic carboxylic acids is 1. The number of rotatable bonds is 7. The van der Waals surface area contributed by atoms with E-state index in [-0.39, 0.29) is 22.0 Å². The summed E-state index contributed by atoms with van der Waals surface area (Å²) in [6, 6.07) is 14.8. The monoisotopic (exact) mass is 474 g/mol. The molecule has 0 bridgehead atoms. The average Bonchev–Trinajstić information content (AvgIpc) is 2.81. The van der Waals surface area contributed by atoms with E-state index in [4.69, 9.17) is 9.47 Å². The fourth-order valence-corrected chi connectivity index (χ4v) is 4.12. The van der Waals surface area contributed by atoms with Gasteiger partial charge in [-0.25, -0.2) is 4.98 Å². The molecule has 3 rings (SSSR count). The number of pyridine rings is 1. The number of carbonyl (C=O) groups is 1. The van der Waals surface area contributed by atoms with Gasteiger partial charge in [0, 0.05) is 5.56 Å². The first-order chi connectivity index (χ1) is 15.7. The highest BCUT2D eigenvalue weighted by atomic mass is 32.2. The Hall–Kier alpha value is -3.71. The van der Waals surface area contributed by atoms with Gasteiger partial charge in [-0.15, -0.1) is 0 Å². The Morgan fingerprint density at radius 2 is 1.76 bits per heavy atom. The molecular formula is C23H17F3N2O4S. The van der Waals surface area contributed by atoms with Gasteiger partial charge in [0.05, 0.1) is 31.0 Å². The maximum atomic E-state index is 13.8. The number of hydrogen-bond acceptors (Lipinski definition) is 6. The summed E-state index contributed by atoms with van der Waals surface area (Å²) >= 11 is 0.569. The van der Waals surface area contributed by atoms with E-state index in [1.807, 2.05) is 0 Å². The van der Waals surface area contributed by atoms with E-state index in [1.165, 1.54) is 32.4 Å². The largest absolute Gasteiger partial charge is 0.493 e. The van der Waals surface area contributed by atoms with E-state index in [9.17, 15) is 28.3 Å². The second-order valence-electron chi connectivity index (χ2n) is 6.66. The van der Waals surface area contributed by atoms with Crippen LogP contribution in [0.4, 0.5) is 13.2 Å². The highest BCUT2D eigenvalue weighted by molar-refractivity contribution is 8.00. The van der Waals surface area contributed by atoms with Crippen LogP contribution in [0.1, 0.15) is 21.9 Å². The van der Waals surface area contributed by atoms with Crippen LogP contribution in [-0.2, 0) is 11.0 Å². The van der Waals surface area contributed by atoms with Crippen LogP contribution in [0.3, 0.4) is 0 Å². The minimum Gasteiger partial charge on any atom is -0.493 e. The molecule has 0 saturated carbocycles. The Morgan fingerprint density at radius 3 is 2.30 bits per heavy atom. The minimum absolute atomic E-state index is 0.0954. The van der Waals surface area contributed by atoms with Crippen LogP contribution >= 0.6 is 11.8 Å². The Bertz CT molecular complexity index is 1210. The van der Waals surface area contributed by atoms with Gasteiger partial charge >= 0.3 is 12.1 Å². The number of methoxy groups -OCH3 is 2. The van der Waals surface area contributed by atoms with Gasteiger partial charge in [0.15, 0.2) is 11.5 Å². The predicted octanol–water partition coefficient (Wildman–Crippen LogP) is 5.57. The molecule has 0 amide bonds. The molecule has 1 heterocycles. The maximum absolute atomic E-state index is 13.8. The molecule has 10 heteroatoms. The summed E-state index contributed by atoms with van der Waals surface area (Å²) in [6.07, 6.45) is -4.86. The summed E-state index contributed by atoms with van der Waals surface area (Å²) in [4.78, 5) is 16.2. The van der Waals surface area contributed by atoms with E-state index >= 15 is 0 Å². The molecular weight excluding hydrogens is 457 g/mol. The van der Waals surface area contributed by atoms with Crippen molar-refractivity contribution in [1.29, 1.82) is 5.26 Å². The molecule has 0 saturated heterocycles. The summed E-state index contributed by atoms with van der Waals surface area (Å²) in [7, 11) is 2.80. The van der Waals surface area contributed by atoms with Crippen molar-refractivity contribution >= 4 is 17.7 Å². The third-order valence-electron chi connectivity index (χ3n) is 4.64. The van der Waals surface area contributed by atoms with E-state index < -0.39 is 28.5 Å². The quantitative estimate of drug-likeness (QED) is 0.447. The van der Waals surface area contributed by atoms with Gasteiger partial charge in [-0.05, 0) is 29.8 Å². The third-order valence-corrected chi connectivity index (χ3v) is 5.87. The molecule has 170 valence electrons. The average molecular weight is 474 g/mol. The summed E-state index contributed by atoms with van der Waals surface area (Å²) in [5.41, 5.74) is -1.41. The first-order valence-electron chi connectivity index (χ1n) is 9.38.